The maximum absolute atomic E-state index is 5.41. The van der Waals surface area contributed by atoms with Gasteiger partial charge < -0.3 is 11.5 Å². The van der Waals surface area contributed by atoms with Gasteiger partial charge in [0.2, 0.25) is 0 Å². The molecule has 0 atom stereocenters. The number of allylic oxidation sites excluding steroid dienone is 1. The molecule has 0 bridgehead atoms. The van der Waals surface area contributed by atoms with Crippen LogP contribution in [-0.2, 0) is 0 Å². The van der Waals surface area contributed by atoms with Crippen molar-refractivity contribution in [2.45, 2.75) is 25.4 Å². The molecule has 0 unspecified atom stereocenters. The third-order valence-corrected chi connectivity index (χ3v) is 1.50. The zero-order valence-electron chi connectivity index (χ0n) is 4.93. The Morgan fingerprint density at radius 1 is 1.50 bits per heavy atom. The van der Waals surface area contributed by atoms with E-state index in [1.165, 1.54) is 18.4 Å². The number of rotatable bonds is 1. The fourth-order valence-electron chi connectivity index (χ4n) is 0.998. The van der Waals surface area contributed by atoms with Crippen molar-refractivity contribution < 1.29 is 0 Å². The summed E-state index contributed by atoms with van der Waals surface area (Å²) in [5.41, 5.74) is 12.0. The van der Waals surface area contributed by atoms with E-state index in [1.54, 1.807) is 0 Å². The first-order chi connectivity index (χ1) is 3.80. The summed E-state index contributed by atoms with van der Waals surface area (Å²) in [6.45, 7) is 0. The monoisotopic (exact) mass is 112 g/mol. The molecule has 0 aromatic rings. The Morgan fingerprint density at radius 2 is 2.25 bits per heavy atom. The van der Waals surface area contributed by atoms with Crippen LogP contribution in [0.15, 0.2) is 11.6 Å². The molecule has 2 heteroatoms. The molecular weight excluding hydrogens is 100 g/mol. The zero-order chi connectivity index (χ0) is 5.98. The zero-order valence-corrected chi connectivity index (χ0v) is 4.93. The molecule has 46 valence electrons. The van der Waals surface area contributed by atoms with Crippen LogP contribution in [0.4, 0.5) is 0 Å². The quantitative estimate of drug-likeness (QED) is 0.379. The van der Waals surface area contributed by atoms with Crippen molar-refractivity contribution >= 4 is 0 Å². The first kappa shape index (κ1) is 5.79. The predicted octanol–water partition coefficient (Wildman–Crippen LogP) is 0.340. The second-order valence-corrected chi connectivity index (χ2v) is 2.20. The lowest BCUT2D eigenvalue weighted by atomic mass is 10.2. The van der Waals surface area contributed by atoms with Gasteiger partial charge in [0, 0.05) is 0 Å². The molecule has 1 rings (SSSR count). The summed E-state index contributed by atoms with van der Waals surface area (Å²) in [6, 6.07) is 0. The summed E-state index contributed by atoms with van der Waals surface area (Å²) in [5.74, 6) is 0. The highest BCUT2D eigenvalue weighted by Gasteiger charge is 2.07. The van der Waals surface area contributed by atoms with Gasteiger partial charge in [-0.15, -0.1) is 0 Å². The van der Waals surface area contributed by atoms with Crippen molar-refractivity contribution in [3.05, 3.63) is 11.6 Å². The van der Waals surface area contributed by atoms with Crippen LogP contribution in [-0.4, -0.2) is 6.17 Å². The highest BCUT2D eigenvalue weighted by molar-refractivity contribution is 5.12. The highest BCUT2D eigenvalue weighted by Crippen LogP contribution is 2.17. The molecule has 8 heavy (non-hydrogen) atoms. The van der Waals surface area contributed by atoms with Crippen molar-refractivity contribution in [3.8, 4) is 0 Å². The fraction of sp³-hybridized carbons (Fsp3) is 0.667. The minimum absolute atomic E-state index is 0.197. The first-order valence-corrected chi connectivity index (χ1v) is 3.01. The van der Waals surface area contributed by atoms with E-state index in [0.717, 1.165) is 6.42 Å². The van der Waals surface area contributed by atoms with Crippen molar-refractivity contribution in [2.75, 3.05) is 0 Å². The Morgan fingerprint density at radius 3 is 2.50 bits per heavy atom. The summed E-state index contributed by atoms with van der Waals surface area (Å²) in [6.07, 6.45) is 5.46. The van der Waals surface area contributed by atoms with Gasteiger partial charge in [0.05, 0.1) is 6.17 Å². The van der Waals surface area contributed by atoms with Crippen molar-refractivity contribution in [3.63, 3.8) is 0 Å². The van der Waals surface area contributed by atoms with E-state index in [4.69, 9.17) is 11.5 Å². The van der Waals surface area contributed by atoms with Crippen LogP contribution >= 0.6 is 0 Å². The second kappa shape index (κ2) is 2.29. The maximum Gasteiger partial charge on any atom is 0.0743 e. The molecule has 0 saturated carbocycles. The molecule has 0 radical (unpaired) electrons. The van der Waals surface area contributed by atoms with Gasteiger partial charge in [0.25, 0.3) is 0 Å². The Balaban J connectivity index is 2.45. The van der Waals surface area contributed by atoms with Crippen LogP contribution in [0.3, 0.4) is 0 Å². The van der Waals surface area contributed by atoms with Crippen molar-refractivity contribution in [2.24, 2.45) is 11.5 Å². The third-order valence-electron chi connectivity index (χ3n) is 1.50. The van der Waals surface area contributed by atoms with Gasteiger partial charge >= 0.3 is 0 Å². The Labute approximate surface area is 49.5 Å². The molecule has 1 aliphatic carbocycles. The molecule has 0 spiro atoms. The van der Waals surface area contributed by atoms with Gasteiger partial charge in [0.1, 0.15) is 0 Å². The summed E-state index contributed by atoms with van der Waals surface area (Å²) in [7, 11) is 0. The van der Waals surface area contributed by atoms with E-state index in [0.29, 0.717) is 0 Å². The first-order valence-electron chi connectivity index (χ1n) is 3.01. The Hall–Kier alpha value is -0.340. The smallest absolute Gasteiger partial charge is 0.0743 e. The average Bonchev–Trinajstić information content (AvgIpc) is 2.12. The molecule has 2 nitrogen and oxygen atoms in total. The largest absolute Gasteiger partial charge is 0.313 e. The lowest BCUT2D eigenvalue weighted by molar-refractivity contribution is 0.767. The highest BCUT2D eigenvalue weighted by atomic mass is 14.8. The van der Waals surface area contributed by atoms with E-state index >= 15 is 0 Å². The van der Waals surface area contributed by atoms with Gasteiger partial charge in [-0.25, -0.2) is 0 Å². The Bertz CT molecular complexity index is 105. The number of hydrogen-bond donors (Lipinski definition) is 2. The van der Waals surface area contributed by atoms with Crippen LogP contribution in [0.1, 0.15) is 19.3 Å². The minimum atomic E-state index is -0.197. The van der Waals surface area contributed by atoms with E-state index in [2.05, 4.69) is 6.08 Å². The average molecular weight is 112 g/mol. The molecule has 0 amide bonds. The van der Waals surface area contributed by atoms with Crippen LogP contribution in [0, 0.1) is 0 Å². The van der Waals surface area contributed by atoms with Gasteiger partial charge in [0.15, 0.2) is 0 Å². The lowest BCUT2D eigenvalue weighted by Crippen LogP contribution is -2.31. The normalized spacial score (nSPS) is 19.6. The summed E-state index contributed by atoms with van der Waals surface area (Å²) < 4.78 is 0. The second-order valence-electron chi connectivity index (χ2n) is 2.20. The van der Waals surface area contributed by atoms with Crippen molar-refractivity contribution in [1.29, 1.82) is 0 Å². The summed E-state index contributed by atoms with van der Waals surface area (Å²) in [5, 5.41) is 0. The van der Waals surface area contributed by atoms with Crippen LogP contribution in [0.25, 0.3) is 0 Å². The van der Waals surface area contributed by atoms with Gasteiger partial charge in [-0.05, 0) is 24.8 Å². The van der Waals surface area contributed by atoms with Gasteiger partial charge in [-0.2, -0.15) is 0 Å². The van der Waals surface area contributed by atoms with Crippen LogP contribution in [0.2, 0.25) is 0 Å². The molecule has 1 aliphatic rings. The van der Waals surface area contributed by atoms with Gasteiger partial charge in [-0.1, -0.05) is 6.08 Å². The topological polar surface area (TPSA) is 52.0 Å². The fourth-order valence-corrected chi connectivity index (χ4v) is 0.998. The minimum Gasteiger partial charge on any atom is -0.313 e. The standard InChI is InChI=1S/C6H12N2/c7-6(8)5-3-1-2-4-5/h3,6H,1-2,4,7-8H2. The molecule has 0 aromatic heterocycles. The molecule has 0 aliphatic heterocycles. The van der Waals surface area contributed by atoms with Gasteiger partial charge in [-0.3, -0.25) is 0 Å². The van der Waals surface area contributed by atoms with E-state index in [1.807, 2.05) is 0 Å². The number of nitrogens with two attached hydrogens (primary N) is 2. The van der Waals surface area contributed by atoms with Crippen molar-refractivity contribution in [1.82, 2.24) is 0 Å². The van der Waals surface area contributed by atoms with Crippen LogP contribution in [0.5, 0.6) is 0 Å². The summed E-state index contributed by atoms with van der Waals surface area (Å²) in [4.78, 5) is 0. The van der Waals surface area contributed by atoms with E-state index in [9.17, 15) is 0 Å². The summed E-state index contributed by atoms with van der Waals surface area (Å²) >= 11 is 0. The third kappa shape index (κ3) is 1.08. The molecule has 4 N–H and O–H groups in total. The maximum atomic E-state index is 5.41. The van der Waals surface area contributed by atoms with E-state index < -0.39 is 0 Å². The number of hydrogen-bond acceptors (Lipinski definition) is 2. The lowest BCUT2D eigenvalue weighted by Gasteiger charge is -2.03. The predicted molar refractivity (Wildman–Crippen MR) is 34.1 cm³/mol. The molecule has 0 aromatic carbocycles. The van der Waals surface area contributed by atoms with E-state index in [-0.39, 0.29) is 6.17 Å². The molecule has 0 fully saturated rings. The molecule has 0 saturated heterocycles. The SMILES string of the molecule is NC(N)C1=CCCC1. The Kier molecular flexibility index (Phi) is 1.65. The van der Waals surface area contributed by atoms with Crippen LogP contribution < -0.4 is 11.5 Å². The molecule has 0 heterocycles. The molecular formula is C6H12N2.